The van der Waals surface area contributed by atoms with Gasteiger partial charge in [0.15, 0.2) is 6.61 Å². The van der Waals surface area contributed by atoms with Crippen molar-refractivity contribution in [1.29, 1.82) is 0 Å². The fraction of sp³-hybridized carbons (Fsp3) is 0.143. The van der Waals surface area contributed by atoms with Crippen LogP contribution in [0, 0.1) is 0 Å². The van der Waals surface area contributed by atoms with Crippen molar-refractivity contribution in [3.05, 3.63) is 78.3 Å². The zero-order valence-corrected chi connectivity index (χ0v) is 15.1. The first-order valence-electron chi connectivity index (χ1n) is 8.42. The molecule has 0 saturated heterocycles. The molecule has 144 valence electrons. The van der Waals surface area contributed by atoms with Crippen molar-refractivity contribution in [2.24, 2.45) is 0 Å². The van der Waals surface area contributed by atoms with Gasteiger partial charge < -0.3 is 23.4 Å². The van der Waals surface area contributed by atoms with E-state index in [0.29, 0.717) is 17.3 Å². The molecule has 0 atom stereocenters. The maximum atomic E-state index is 11.8. The van der Waals surface area contributed by atoms with E-state index < -0.39 is 11.9 Å². The van der Waals surface area contributed by atoms with Crippen LogP contribution in [0.25, 0.3) is 0 Å². The van der Waals surface area contributed by atoms with Crippen LogP contribution < -0.4 is 9.47 Å². The average Bonchev–Trinajstić information content (AvgIpc) is 3.21. The number of rotatable bonds is 8. The molecule has 1 heterocycles. The molecular formula is C21H18O7. The van der Waals surface area contributed by atoms with Crippen LogP contribution in [0.3, 0.4) is 0 Å². The van der Waals surface area contributed by atoms with E-state index in [2.05, 4.69) is 4.74 Å². The number of carbonyl (C=O) groups is 2. The fourth-order valence-electron chi connectivity index (χ4n) is 2.23. The van der Waals surface area contributed by atoms with Crippen LogP contribution >= 0.6 is 0 Å². The van der Waals surface area contributed by atoms with Crippen molar-refractivity contribution in [3.63, 3.8) is 0 Å². The van der Waals surface area contributed by atoms with Gasteiger partial charge in [0.05, 0.1) is 7.11 Å². The Morgan fingerprint density at radius 2 is 1.54 bits per heavy atom. The number of para-hydroxylation sites is 1. The van der Waals surface area contributed by atoms with E-state index in [-0.39, 0.29) is 19.0 Å². The molecule has 28 heavy (non-hydrogen) atoms. The van der Waals surface area contributed by atoms with E-state index in [9.17, 15) is 9.59 Å². The summed E-state index contributed by atoms with van der Waals surface area (Å²) in [6.45, 7) is -0.369. The van der Waals surface area contributed by atoms with Gasteiger partial charge in [-0.1, -0.05) is 18.2 Å². The van der Waals surface area contributed by atoms with Gasteiger partial charge in [-0.05, 0) is 48.5 Å². The third-order valence-corrected chi connectivity index (χ3v) is 3.58. The zero-order valence-electron chi connectivity index (χ0n) is 15.1. The second-order valence-electron chi connectivity index (χ2n) is 5.59. The fourth-order valence-corrected chi connectivity index (χ4v) is 2.23. The molecule has 1 aromatic heterocycles. The van der Waals surface area contributed by atoms with Gasteiger partial charge >= 0.3 is 11.9 Å². The molecule has 3 aromatic rings. The molecule has 7 nitrogen and oxygen atoms in total. The van der Waals surface area contributed by atoms with E-state index in [4.69, 9.17) is 18.6 Å². The smallest absolute Gasteiger partial charge is 0.373 e. The standard InChI is InChI=1S/C21H18O7/c1-24-21(23)19-12-11-18(28-19)13-26-20(22)14-25-15-7-9-17(10-8-15)27-16-5-3-2-4-6-16/h2-12H,13-14H2,1H3. The average molecular weight is 382 g/mol. The maximum Gasteiger partial charge on any atom is 0.373 e. The minimum atomic E-state index is -0.597. The summed E-state index contributed by atoms with van der Waals surface area (Å²) in [4.78, 5) is 23.1. The lowest BCUT2D eigenvalue weighted by atomic mass is 10.3. The van der Waals surface area contributed by atoms with E-state index in [1.54, 1.807) is 24.3 Å². The summed E-state index contributed by atoms with van der Waals surface area (Å²) >= 11 is 0. The summed E-state index contributed by atoms with van der Waals surface area (Å²) in [5, 5.41) is 0. The summed E-state index contributed by atoms with van der Waals surface area (Å²) in [5.41, 5.74) is 0. The van der Waals surface area contributed by atoms with Crippen LogP contribution in [0.15, 0.2) is 71.1 Å². The normalized spacial score (nSPS) is 10.2. The van der Waals surface area contributed by atoms with E-state index in [1.807, 2.05) is 30.3 Å². The Morgan fingerprint density at radius 3 is 2.25 bits per heavy atom. The molecule has 0 aliphatic rings. The van der Waals surface area contributed by atoms with Gasteiger partial charge in [-0.25, -0.2) is 9.59 Å². The topological polar surface area (TPSA) is 84.2 Å². The van der Waals surface area contributed by atoms with Crippen LogP contribution in [0.4, 0.5) is 0 Å². The third kappa shape index (κ3) is 5.38. The number of hydrogen-bond donors (Lipinski definition) is 0. The lowest BCUT2D eigenvalue weighted by molar-refractivity contribution is -0.147. The van der Waals surface area contributed by atoms with Crippen molar-refractivity contribution in [2.45, 2.75) is 6.61 Å². The number of hydrogen-bond acceptors (Lipinski definition) is 7. The monoisotopic (exact) mass is 382 g/mol. The second-order valence-corrected chi connectivity index (χ2v) is 5.59. The Kier molecular flexibility index (Phi) is 6.30. The molecule has 0 bridgehead atoms. The Bertz CT molecular complexity index is 913. The third-order valence-electron chi connectivity index (χ3n) is 3.58. The van der Waals surface area contributed by atoms with Crippen LogP contribution in [-0.2, 0) is 20.9 Å². The SMILES string of the molecule is COC(=O)c1ccc(COC(=O)COc2ccc(Oc3ccccc3)cc2)o1. The van der Waals surface area contributed by atoms with Gasteiger partial charge in [0.25, 0.3) is 0 Å². The van der Waals surface area contributed by atoms with E-state index in [0.717, 1.165) is 5.75 Å². The Hall–Kier alpha value is -3.74. The molecule has 0 amide bonds. The highest BCUT2D eigenvalue weighted by Crippen LogP contribution is 2.23. The first-order valence-corrected chi connectivity index (χ1v) is 8.42. The molecule has 0 aliphatic heterocycles. The summed E-state index contributed by atoms with van der Waals surface area (Å²) in [6.07, 6.45) is 0. The Labute approximate surface area is 161 Å². The molecule has 0 fully saturated rings. The summed E-state index contributed by atoms with van der Waals surface area (Å²) in [5.74, 6) is 1.09. The van der Waals surface area contributed by atoms with Gasteiger partial charge in [-0.2, -0.15) is 0 Å². The van der Waals surface area contributed by atoms with Crippen molar-refractivity contribution in [3.8, 4) is 17.2 Å². The van der Waals surface area contributed by atoms with Crippen molar-refractivity contribution in [2.75, 3.05) is 13.7 Å². The number of esters is 2. The molecule has 7 heteroatoms. The lowest BCUT2D eigenvalue weighted by Crippen LogP contribution is -2.14. The number of benzene rings is 2. The first kappa shape index (κ1) is 19.0. The predicted octanol–water partition coefficient (Wildman–Crippen LogP) is 3.98. The van der Waals surface area contributed by atoms with Crippen molar-refractivity contribution in [1.82, 2.24) is 0 Å². The van der Waals surface area contributed by atoms with Gasteiger partial charge in [-0.3, -0.25) is 0 Å². The van der Waals surface area contributed by atoms with Crippen LogP contribution in [0.5, 0.6) is 17.2 Å². The molecule has 0 spiro atoms. The van der Waals surface area contributed by atoms with E-state index >= 15 is 0 Å². The van der Waals surface area contributed by atoms with Crippen molar-refractivity contribution < 1.29 is 33.0 Å². The number of carbonyl (C=O) groups excluding carboxylic acids is 2. The molecule has 0 N–H and O–H groups in total. The van der Waals surface area contributed by atoms with Crippen LogP contribution in [0.1, 0.15) is 16.3 Å². The van der Waals surface area contributed by atoms with Gasteiger partial charge in [0, 0.05) is 0 Å². The van der Waals surface area contributed by atoms with Crippen LogP contribution in [-0.4, -0.2) is 25.7 Å². The Balaban J connectivity index is 1.43. The molecule has 0 radical (unpaired) electrons. The molecule has 3 rings (SSSR count). The van der Waals surface area contributed by atoms with E-state index in [1.165, 1.54) is 19.2 Å². The summed E-state index contributed by atoms with van der Waals surface area (Å²) < 4.78 is 25.9. The molecule has 0 saturated carbocycles. The zero-order chi connectivity index (χ0) is 19.8. The van der Waals surface area contributed by atoms with Gasteiger partial charge in [0.1, 0.15) is 29.6 Å². The largest absolute Gasteiger partial charge is 0.482 e. The minimum Gasteiger partial charge on any atom is -0.482 e. The minimum absolute atomic E-state index is 0.0441. The predicted molar refractivity (Wildman–Crippen MR) is 98.3 cm³/mol. The highest BCUT2D eigenvalue weighted by atomic mass is 16.6. The number of furan rings is 1. The quantitative estimate of drug-likeness (QED) is 0.545. The number of methoxy groups -OCH3 is 1. The first-order chi connectivity index (χ1) is 13.6. The summed E-state index contributed by atoms with van der Waals surface area (Å²) in [7, 11) is 1.25. The molecule has 2 aromatic carbocycles. The van der Waals surface area contributed by atoms with Gasteiger partial charge in [-0.15, -0.1) is 0 Å². The lowest BCUT2D eigenvalue weighted by Gasteiger charge is -2.08. The maximum absolute atomic E-state index is 11.8. The summed E-state index contributed by atoms with van der Waals surface area (Å²) in [6, 6.07) is 19.2. The Morgan fingerprint density at radius 1 is 0.857 bits per heavy atom. The van der Waals surface area contributed by atoms with Crippen LogP contribution in [0.2, 0.25) is 0 Å². The highest BCUT2D eigenvalue weighted by molar-refractivity contribution is 5.86. The highest BCUT2D eigenvalue weighted by Gasteiger charge is 2.12. The number of ether oxygens (including phenoxy) is 4. The molecule has 0 aliphatic carbocycles. The molecule has 0 unspecified atom stereocenters. The molecular weight excluding hydrogens is 364 g/mol. The van der Waals surface area contributed by atoms with Gasteiger partial charge in [0.2, 0.25) is 5.76 Å². The van der Waals surface area contributed by atoms with Crippen molar-refractivity contribution >= 4 is 11.9 Å². The second kappa shape index (κ2) is 9.27.